The SMILES string of the molecule is C/C=C/CCC(CCC)CCCC1CC=C(C2CCC(OC(F)(F)F)CC2)CC1. The van der Waals surface area contributed by atoms with Crippen LogP contribution < -0.4 is 0 Å². The van der Waals surface area contributed by atoms with E-state index in [-0.39, 0.29) is 0 Å². The van der Waals surface area contributed by atoms with Crippen LogP contribution >= 0.6 is 0 Å². The topological polar surface area (TPSA) is 9.23 Å². The van der Waals surface area contributed by atoms with Gasteiger partial charge in [-0.1, -0.05) is 62.8 Å². The molecular weight excluding hydrogens is 373 g/mol. The molecule has 2 aliphatic carbocycles. The standard InChI is InChI=1S/C25H41F3O/c1-3-5-6-9-20(8-4-2)10-7-11-21-12-14-22(15-13-21)23-16-18-24(19-17-23)29-25(26,27)28/h3,5,14,20-21,23-24H,4,6-13,15-19H2,1-2H3/b5-3+. The summed E-state index contributed by atoms with van der Waals surface area (Å²) >= 11 is 0. The fourth-order valence-electron chi connectivity index (χ4n) is 5.32. The molecule has 0 aromatic carbocycles. The van der Waals surface area contributed by atoms with Gasteiger partial charge in [-0.15, -0.1) is 13.2 Å². The van der Waals surface area contributed by atoms with Crippen molar-refractivity contribution in [3.63, 3.8) is 0 Å². The first-order chi connectivity index (χ1) is 13.9. The fourth-order valence-corrected chi connectivity index (χ4v) is 5.32. The third-order valence-corrected chi connectivity index (χ3v) is 6.95. The summed E-state index contributed by atoms with van der Waals surface area (Å²) < 4.78 is 41.3. The molecule has 4 heteroatoms. The highest BCUT2D eigenvalue weighted by atomic mass is 19.4. The van der Waals surface area contributed by atoms with Crippen LogP contribution in [-0.4, -0.2) is 12.5 Å². The van der Waals surface area contributed by atoms with Gasteiger partial charge >= 0.3 is 6.36 Å². The summed E-state index contributed by atoms with van der Waals surface area (Å²) in [6.07, 6.45) is 17.3. The van der Waals surface area contributed by atoms with Crippen LogP contribution in [0.5, 0.6) is 0 Å². The van der Waals surface area contributed by atoms with Gasteiger partial charge in [0.05, 0.1) is 6.10 Å². The molecule has 0 amide bonds. The zero-order valence-electron chi connectivity index (χ0n) is 18.5. The molecule has 0 N–H and O–H groups in total. The largest absolute Gasteiger partial charge is 0.522 e. The molecule has 2 rings (SSSR count). The van der Waals surface area contributed by atoms with Gasteiger partial charge in [0.1, 0.15) is 0 Å². The molecule has 1 saturated carbocycles. The van der Waals surface area contributed by atoms with Gasteiger partial charge in [0, 0.05) is 0 Å². The number of rotatable bonds is 11. The lowest BCUT2D eigenvalue weighted by atomic mass is 9.76. The second kappa shape index (κ2) is 12.8. The quantitative estimate of drug-likeness (QED) is 0.307. The van der Waals surface area contributed by atoms with Crippen LogP contribution in [0.4, 0.5) is 13.2 Å². The van der Waals surface area contributed by atoms with Crippen LogP contribution in [0, 0.1) is 17.8 Å². The Morgan fingerprint density at radius 3 is 2.45 bits per heavy atom. The Labute approximate surface area is 176 Å². The van der Waals surface area contributed by atoms with E-state index in [0.29, 0.717) is 18.8 Å². The van der Waals surface area contributed by atoms with E-state index in [1.165, 1.54) is 63.4 Å². The van der Waals surface area contributed by atoms with E-state index in [0.717, 1.165) is 31.1 Å². The molecular formula is C25H41F3O. The number of hydrogen-bond donors (Lipinski definition) is 0. The Bertz CT molecular complexity index is 501. The number of alkyl halides is 3. The van der Waals surface area contributed by atoms with Crippen molar-refractivity contribution in [2.24, 2.45) is 17.8 Å². The predicted molar refractivity (Wildman–Crippen MR) is 115 cm³/mol. The highest BCUT2D eigenvalue weighted by Gasteiger charge is 2.36. The van der Waals surface area contributed by atoms with Gasteiger partial charge in [-0.05, 0) is 82.5 Å². The van der Waals surface area contributed by atoms with E-state index in [2.05, 4.69) is 36.8 Å². The average Bonchev–Trinajstić information content (AvgIpc) is 2.68. The van der Waals surface area contributed by atoms with Crippen molar-refractivity contribution < 1.29 is 17.9 Å². The van der Waals surface area contributed by atoms with Crippen LogP contribution in [0.15, 0.2) is 23.8 Å². The zero-order chi connectivity index (χ0) is 21.1. The van der Waals surface area contributed by atoms with Gasteiger partial charge in [0.25, 0.3) is 0 Å². The Kier molecular flexibility index (Phi) is 10.8. The highest BCUT2D eigenvalue weighted by Crippen LogP contribution is 2.39. The minimum absolute atomic E-state index is 0.490. The van der Waals surface area contributed by atoms with Crippen molar-refractivity contribution in [2.45, 2.75) is 116 Å². The smallest absolute Gasteiger partial charge is 0.289 e. The van der Waals surface area contributed by atoms with Crippen LogP contribution in [0.3, 0.4) is 0 Å². The summed E-state index contributed by atoms with van der Waals surface area (Å²) in [5, 5.41) is 0. The molecule has 0 bridgehead atoms. The number of allylic oxidation sites excluding steroid dienone is 4. The van der Waals surface area contributed by atoms with E-state index in [1.54, 1.807) is 0 Å². The Morgan fingerprint density at radius 2 is 1.86 bits per heavy atom. The normalized spacial score (nSPS) is 27.2. The minimum Gasteiger partial charge on any atom is -0.289 e. The molecule has 0 aromatic heterocycles. The van der Waals surface area contributed by atoms with E-state index >= 15 is 0 Å². The molecule has 0 aromatic rings. The Hall–Kier alpha value is -0.770. The van der Waals surface area contributed by atoms with Crippen LogP contribution in [0.25, 0.3) is 0 Å². The third kappa shape index (κ3) is 9.72. The molecule has 0 heterocycles. The lowest BCUT2D eigenvalue weighted by Crippen LogP contribution is -2.29. The summed E-state index contributed by atoms with van der Waals surface area (Å²) in [5.41, 5.74) is 1.52. The molecule has 2 aliphatic rings. The van der Waals surface area contributed by atoms with Crippen molar-refractivity contribution in [2.75, 3.05) is 0 Å². The summed E-state index contributed by atoms with van der Waals surface area (Å²) in [7, 11) is 0. The lowest BCUT2D eigenvalue weighted by Gasteiger charge is -2.33. The van der Waals surface area contributed by atoms with Crippen molar-refractivity contribution in [1.29, 1.82) is 0 Å². The molecule has 2 unspecified atom stereocenters. The summed E-state index contributed by atoms with van der Waals surface area (Å²) in [6.45, 7) is 4.39. The van der Waals surface area contributed by atoms with E-state index in [4.69, 9.17) is 0 Å². The van der Waals surface area contributed by atoms with Gasteiger partial charge in [0.15, 0.2) is 0 Å². The number of ether oxygens (including phenoxy) is 1. The van der Waals surface area contributed by atoms with Gasteiger partial charge in [-0.2, -0.15) is 0 Å². The second-order valence-electron chi connectivity index (χ2n) is 9.19. The minimum atomic E-state index is -4.49. The predicted octanol–water partition coefficient (Wildman–Crippen LogP) is 8.75. The zero-order valence-corrected chi connectivity index (χ0v) is 18.5. The van der Waals surface area contributed by atoms with E-state index < -0.39 is 12.5 Å². The Morgan fingerprint density at radius 1 is 1.10 bits per heavy atom. The summed E-state index contributed by atoms with van der Waals surface area (Å²) in [6, 6.07) is 0. The first-order valence-corrected chi connectivity index (χ1v) is 12.0. The Balaban J connectivity index is 1.66. The van der Waals surface area contributed by atoms with Crippen LogP contribution in [-0.2, 0) is 4.74 Å². The lowest BCUT2D eigenvalue weighted by molar-refractivity contribution is -0.345. The molecule has 29 heavy (non-hydrogen) atoms. The van der Waals surface area contributed by atoms with Crippen molar-refractivity contribution >= 4 is 0 Å². The molecule has 0 spiro atoms. The monoisotopic (exact) mass is 414 g/mol. The van der Waals surface area contributed by atoms with Gasteiger partial charge < -0.3 is 0 Å². The van der Waals surface area contributed by atoms with Gasteiger partial charge in [0.2, 0.25) is 0 Å². The maximum absolute atomic E-state index is 12.4. The molecule has 168 valence electrons. The average molecular weight is 415 g/mol. The first-order valence-electron chi connectivity index (χ1n) is 12.0. The molecule has 0 aliphatic heterocycles. The summed E-state index contributed by atoms with van der Waals surface area (Å²) in [4.78, 5) is 0. The van der Waals surface area contributed by atoms with Crippen LogP contribution in [0.1, 0.15) is 104 Å². The molecule has 1 fully saturated rings. The van der Waals surface area contributed by atoms with Gasteiger partial charge in [-0.3, -0.25) is 4.74 Å². The number of halogens is 3. The molecule has 0 radical (unpaired) electrons. The molecule has 1 nitrogen and oxygen atoms in total. The van der Waals surface area contributed by atoms with Crippen LogP contribution in [0.2, 0.25) is 0 Å². The summed E-state index contributed by atoms with van der Waals surface area (Å²) in [5.74, 6) is 2.17. The first kappa shape index (κ1) is 24.5. The van der Waals surface area contributed by atoms with E-state index in [1.807, 2.05) is 0 Å². The third-order valence-electron chi connectivity index (χ3n) is 6.95. The van der Waals surface area contributed by atoms with Gasteiger partial charge in [-0.25, -0.2) is 0 Å². The van der Waals surface area contributed by atoms with E-state index in [9.17, 15) is 13.2 Å². The maximum Gasteiger partial charge on any atom is 0.522 e. The second-order valence-corrected chi connectivity index (χ2v) is 9.19. The molecule has 0 saturated heterocycles. The molecule has 2 atom stereocenters. The van der Waals surface area contributed by atoms with Crippen molar-refractivity contribution in [3.8, 4) is 0 Å². The fraction of sp³-hybridized carbons (Fsp3) is 0.840. The van der Waals surface area contributed by atoms with Crippen molar-refractivity contribution in [3.05, 3.63) is 23.8 Å². The highest BCUT2D eigenvalue weighted by molar-refractivity contribution is 5.11. The maximum atomic E-state index is 12.4. The van der Waals surface area contributed by atoms with Crippen molar-refractivity contribution in [1.82, 2.24) is 0 Å². The number of hydrogen-bond acceptors (Lipinski definition) is 1.